The summed E-state index contributed by atoms with van der Waals surface area (Å²) in [4.78, 5) is 0. The fraction of sp³-hybridized carbons (Fsp3) is 0.857. The van der Waals surface area contributed by atoms with Crippen LogP contribution < -0.4 is 0 Å². The van der Waals surface area contributed by atoms with E-state index in [1.165, 1.54) is 19.3 Å². The van der Waals surface area contributed by atoms with E-state index in [0.29, 0.717) is 5.92 Å². The van der Waals surface area contributed by atoms with Crippen molar-refractivity contribution >= 4 is 6.21 Å². The lowest BCUT2D eigenvalue weighted by molar-refractivity contribution is 0.397. The average molecular weight is 137 g/mol. The fourth-order valence-corrected chi connectivity index (χ4v) is 1.77. The normalized spacial score (nSPS) is 43.9. The summed E-state index contributed by atoms with van der Waals surface area (Å²) in [6, 6.07) is 0. The van der Waals surface area contributed by atoms with Gasteiger partial charge < -0.3 is 0 Å². The summed E-state index contributed by atoms with van der Waals surface area (Å²) < 4.78 is 0. The third-order valence-electron chi connectivity index (χ3n) is 2.57. The summed E-state index contributed by atoms with van der Waals surface area (Å²) in [6.07, 6.45) is 5.62. The summed E-state index contributed by atoms with van der Waals surface area (Å²) in [5, 5.41) is 11.6. The van der Waals surface area contributed by atoms with Crippen molar-refractivity contribution in [2.75, 3.05) is 0 Å². The van der Waals surface area contributed by atoms with Crippen molar-refractivity contribution < 1.29 is 0 Å². The van der Waals surface area contributed by atoms with Gasteiger partial charge >= 0.3 is 0 Å². The van der Waals surface area contributed by atoms with Crippen LogP contribution in [-0.2, 0) is 0 Å². The maximum atomic E-state index is 4.15. The Morgan fingerprint density at radius 3 is 3.30 bits per heavy atom. The SMILES string of the molecule is CC12CCCC1C=NN=N2. The Balaban J connectivity index is 2.30. The number of hydrogen-bond donors (Lipinski definition) is 0. The molecule has 1 saturated carbocycles. The van der Waals surface area contributed by atoms with Gasteiger partial charge in [0.1, 0.15) is 0 Å². The Morgan fingerprint density at radius 1 is 1.60 bits per heavy atom. The average Bonchev–Trinajstić information content (AvgIpc) is 2.29. The van der Waals surface area contributed by atoms with Crippen LogP contribution >= 0.6 is 0 Å². The monoisotopic (exact) mass is 137 g/mol. The molecule has 0 aromatic heterocycles. The van der Waals surface area contributed by atoms with E-state index < -0.39 is 0 Å². The highest BCUT2D eigenvalue weighted by Gasteiger charge is 2.39. The smallest absolute Gasteiger partial charge is 0.0888 e. The molecule has 0 radical (unpaired) electrons. The Hall–Kier alpha value is -0.730. The molecular formula is C7H11N3. The van der Waals surface area contributed by atoms with Crippen molar-refractivity contribution in [1.82, 2.24) is 0 Å². The molecule has 0 aromatic rings. The molecule has 54 valence electrons. The third-order valence-corrected chi connectivity index (χ3v) is 2.57. The van der Waals surface area contributed by atoms with Gasteiger partial charge in [-0.05, 0) is 25.0 Å². The second-order valence-corrected chi connectivity index (χ2v) is 3.31. The van der Waals surface area contributed by atoms with E-state index in [1.807, 2.05) is 6.21 Å². The summed E-state index contributed by atoms with van der Waals surface area (Å²) in [6.45, 7) is 2.17. The maximum absolute atomic E-state index is 4.15. The highest BCUT2D eigenvalue weighted by Crippen LogP contribution is 2.39. The minimum absolute atomic E-state index is 0.0990. The minimum atomic E-state index is 0.0990. The number of hydrogen-bond acceptors (Lipinski definition) is 3. The van der Waals surface area contributed by atoms with Gasteiger partial charge in [0.25, 0.3) is 0 Å². The van der Waals surface area contributed by atoms with Gasteiger partial charge in [-0.25, -0.2) is 0 Å². The van der Waals surface area contributed by atoms with Crippen LogP contribution in [0, 0.1) is 5.92 Å². The summed E-state index contributed by atoms with van der Waals surface area (Å²) >= 11 is 0. The standard InChI is InChI=1S/C7H11N3/c1-7-4-2-3-6(7)5-8-10-9-7/h5-6H,2-4H2,1H3. The lowest BCUT2D eigenvalue weighted by Gasteiger charge is -2.23. The van der Waals surface area contributed by atoms with E-state index in [4.69, 9.17) is 0 Å². The molecule has 0 aromatic carbocycles. The summed E-state index contributed by atoms with van der Waals surface area (Å²) in [5.74, 6) is 0.560. The van der Waals surface area contributed by atoms with E-state index in [0.717, 1.165) is 0 Å². The molecule has 2 rings (SSSR count). The molecule has 10 heavy (non-hydrogen) atoms. The molecule has 0 N–H and O–H groups in total. The molecule has 1 aliphatic heterocycles. The van der Waals surface area contributed by atoms with Crippen LogP contribution in [0.5, 0.6) is 0 Å². The van der Waals surface area contributed by atoms with Gasteiger partial charge in [0.2, 0.25) is 0 Å². The lowest BCUT2D eigenvalue weighted by Crippen LogP contribution is -2.29. The van der Waals surface area contributed by atoms with E-state index >= 15 is 0 Å². The van der Waals surface area contributed by atoms with Gasteiger partial charge in [-0.2, -0.15) is 5.11 Å². The van der Waals surface area contributed by atoms with Crippen molar-refractivity contribution in [3.63, 3.8) is 0 Å². The van der Waals surface area contributed by atoms with Crippen LogP contribution in [-0.4, -0.2) is 11.8 Å². The van der Waals surface area contributed by atoms with E-state index in [1.54, 1.807) is 0 Å². The molecule has 0 amide bonds. The lowest BCUT2D eigenvalue weighted by atomic mass is 9.91. The van der Waals surface area contributed by atoms with Crippen LogP contribution in [0.2, 0.25) is 0 Å². The Morgan fingerprint density at radius 2 is 2.50 bits per heavy atom. The number of nitrogens with zero attached hydrogens (tertiary/aromatic N) is 3. The molecule has 2 atom stereocenters. The first-order valence-corrected chi connectivity index (χ1v) is 3.77. The first kappa shape index (κ1) is 6.01. The minimum Gasteiger partial charge on any atom is -0.162 e. The molecule has 0 bridgehead atoms. The molecule has 1 fully saturated rings. The molecule has 2 aliphatic rings. The first-order valence-electron chi connectivity index (χ1n) is 3.77. The quantitative estimate of drug-likeness (QED) is 0.489. The van der Waals surface area contributed by atoms with Crippen LogP contribution in [0.3, 0.4) is 0 Å². The van der Waals surface area contributed by atoms with Gasteiger partial charge in [-0.15, -0.1) is 5.10 Å². The Kier molecular flexibility index (Phi) is 1.13. The Bertz CT molecular complexity index is 197. The maximum Gasteiger partial charge on any atom is 0.0888 e. The number of fused-ring (bicyclic) bond motifs is 1. The number of rotatable bonds is 0. The van der Waals surface area contributed by atoms with Crippen LogP contribution in [0.25, 0.3) is 0 Å². The van der Waals surface area contributed by atoms with Crippen LogP contribution in [0.4, 0.5) is 0 Å². The summed E-state index contributed by atoms with van der Waals surface area (Å²) in [7, 11) is 0. The molecule has 1 heterocycles. The third kappa shape index (κ3) is 0.696. The van der Waals surface area contributed by atoms with Gasteiger partial charge in [0.15, 0.2) is 0 Å². The van der Waals surface area contributed by atoms with Crippen molar-refractivity contribution in [2.24, 2.45) is 21.4 Å². The largest absolute Gasteiger partial charge is 0.162 e. The highest BCUT2D eigenvalue weighted by molar-refractivity contribution is 5.63. The van der Waals surface area contributed by atoms with Crippen LogP contribution in [0.15, 0.2) is 15.4 Å². The topological polar surface area (TPSA) is 37.1 Å². The van der Waals surface area contributed by atoms with Crippen LogP contribution in [0.1, 0.15) is 26.2 Å². The molecular weight excluding hydrogens is 126 g/mol. The molecule has 2 unspecified atom stereocenters. The predicted molar refractivity (Wildman–Crippen MR) is 39.1 cm³/mol. The molecule has 1 aliphatic carbocycles. The van der Waals surface area contributed by atoms with Crippen molar-refractivity contribution in [1.29, 1.82) is 0 Å². The van der Waals surface area contributed by atoms with E-state index in [2.05, 4.69) is 22.4 Å². The van der Waals surface area contributed by atoms with Crippen molar-refractivity contribution in [3.05, 3.63) is 0 Å². The second-order valence-electron chi connectivity index (χ2n) is 3.31. The van der Waals surface area contributed by atoms with Gasteiger partial charge in [-0.3, -0.25) is 0 Å². The Labute approximate surface area is 60.2 Å². The van der Waals surface area contributed by atoms with Crippen molar-refractivity contribution in [3.8, 4) is 0 Å². The highest BCUT2D eigenvalue weighted by atomic mass is 15.4. The predicted octanol–water partition coefficient (Wildman–Crippen LogP) is 2.00. The van der Waals surface area contributed by atoms with E-state index in [9.17, 15) is 0 Å². The molecule has 3 nitrogen and oxygen atoms in total. The van der Waals surface area contributed by atoms with Gasteiger partial charge in [0.05, 0.1) is 5.54 Å². The van der Waals surface area contributed by atoms with Gasteiger partial charge in [0, 0.05) is 12.1 Å². The summed E-state index contributed by atoms with van der Waals surface area (Å²) in [5.41, 5.74) is 0.0990. The first-order chi connectivity index (χ1) is 4.81. The van der Waals surface area contributed by atoms with E-state index in [-0.39, 0.29) is 5.54 Å². The fourth-order valence-electron chi connectivity index (χ4n) is 1.77. The van der Waals surface area contributed by atoms with Gasteiger partial charge in [-0.1, -0.05) is 6.42 Å². The zero-order chi connectivity index (χ0) is 7.03. The molecule has 0 saturated heterocycles. The second kappa shape index (κ2) is 1.87. The zero-order valence-corrected chi connectivity index (χ0v) is 6.12. The molecule has 0 spiro atoms. The molecule has 3 heteroatoms. The van der Waals surface area contributed by atoms with Crippen molar-refractivity contribution in [2.45, 2.75) is 31.7 Å². The zero-order valence-electron chi connectivity index (χ0n) is 6.12.